The molecule has 1 aromatic rings. The van der Waals surface area contributed by atoms with Crippen molar-refractivity contribution in [2.75, 3.05) is 29.4 Å². The van der Waals surface area contributed by atoms with Crippen molar-refractivity contribution < 1.29 is 28.6 Å². The van der Waals surface area contributed by atoms with Crippen molar-refractivity contribution in [3.63, 3.8) is 0 Å². The minimum atomic E-state index is -0.810. The molecule has 9 heteroatoms. The molecular formula is C16H18FN3O5. The Morgan fingerprint density at radius 1 is 1.36 bits per heavy atom. The van der Waals surface area contributed by atoms with Crippen molar-refractivity contribution in [2.24, 2.45) is 0 Å². The van der Waals surface area contributed by atoms with Crippen molar-refractivity contribution in [3.05, 3.63) is 24.0 Å². The van der Waals surface area contributed by atoms with Crippen LogP contribution in [0.25, 0.3) is 0 Å². The standard InChI is InChI=1S/C16H18FN3O5/c1-9(21)18-6-12-8-19(16(24)25-12)10-2-3-14(13(17)4-10)20-7-11(22)5-15(20)23/h2-4,11-12,22H,5-8H2,1H3,(H,18,21)/t11?,12-/m0/s1. The number of benzene rings is 1. The van der Waals surface area contributed by atoms with Gasteiger partial charge in [0.2, 0.25) is 11.8 Å². The van der Waals surface area contributed by atoms with E-state index in [1.54, 1.807) is 0 Å². The van der Waals surface area contributed by atoms with E-state index in [1.807, 2.05) is 0 Å². The highest BCUT2D eigenvalue weighted by molar-refractivity contribution is 5.97. The number of aliphatic hydroxyl groups excluding tert-OH is 1. The lowest BCUT2D eigenvalue weighted by Crippen LogP contribution is -2.33. The average molecular weight is 351 g/mol. The minimum Gasteiger partial charge on any atom is -0.442 e. The fourth-order valence-electron chi connectivity index (χ4n) is 2.90. The van der Waals surface area contributed by atoms with Crippen LogP contribution in [0.1, 0.15) is 13.3 Å². The molecule has 134 valence electrons. The maximum Gasteiger partial charge on any atom is 0.414 e. The Bertz CT molecular complexity index is 726. The number of amides is 3. The Balaban J connectivity index is 1.73. The van der Waals surface area contributed by atoms with E-state index in [2.05, 4.69) is 5.32 Å². The van der Waals surface area contributed by atoms with Crippen molar-refractivity contribution in [1.29, 1.82) is 0 Å². The molecular weight excluding hydrogens is 333 g/mol. The summed E-state index contributed by atoms with van der Waals surface area (Å²) in [7, 11) is 0. The number of halogens is 1. The Hall–Kier alpha value is -2.68. The summed E-state index contributed by atoms with van der Waals surface area (Å²) < 4.78 is 19.6. The fraction of sp³-hybridized carbons (Fsp3) is 0.438. The molecule has 2 saturated heterocycles. The molecule has 0 aromatic heterocycles. The molecule has 2 heterocycles. The van der Waals surface area contributed by atoms with Crippen molar-refractivity contribution in [1.82, 2.24) is 5.32 Å². The largest absolute Gasteiger partial charge is 0.442 e. The van der Waals surface area contributed by atoms with E-state index in [0.717, 1.165) is 6.07 Å². The molecule has 2 aliphatic rings. The van der Waals surface area contributed by atoms with Crippen LogP contribution in [0.3, 0.4) is 0 Å². The third-order valence-electron chi connectivity index (χ3n) is 4.09. The van der Waals surface area contributed by atoms with Crippen LogP contribution in [0.2, 0.25) is 0 Å². The third kappa shape index (κ3) is 3.55. The van der Waals surface area contributed by atoms with Gasteiger partial charge in [0, 0.05) is 6.92 Å². The van der Waals surface area contributed by atoms with Crippen LogP contribution >= 0.6 is 0 Å². The van der Waals surface area contributed by atoms with Gasteiger partial charge in [-0.1, -0.05) is 0 Å². The number of aliphatic hydroxyl groups is 1. The zero-order chi connectivity index (χ0) is 18.1. The summed E-state index contributed by atoms with van der Waals surface area (Å²) >= 11 is 0. The quantitative estimate of drug-likeness (QED) is 0.817. The molecule has 0 saturated carbocycles. The van der Waals surface area contributed by atoms with E-state index in [0.29, 0.717) is 5.69 Å². The molecule has 2 N–H and O–H groups in total. The lowest BCUT2D eigenvalue weighted by atomic mass is 10.2. The van der Waals surface area contributed by atoms with Gasteiger partial charge in [0.25, 0.3) is 0 Å². The summed E-state index contributed by atoms with van der Waals surface area (Å²) in [6, 6.07) is 4.06. The van der Waals surface area contributed by atoms with E-state index in [-0.39, 0.29) is 43.6 Å². The van der Waals surface area contributed by atoms with Crippen LogP contribution in [0.5, 0.6) is 0 Å². The maximum absolute atomic E-state index is 14.4. The SMILES string of the molecule is CC(=O)NC[C@H]1CN(c2ccc(N3CC(O)CC3=O)c(F)c2)C(=O)O1. The summed E-state index contributed by atoms with van der Waals surface area (Å²) in [5, 5.41) is 12.1. The summed E-state index contributed by atoms with van der Waals surface area (Å²) in [5.74, 6) is -1.25. The average Bonchev–Trinajstić information content (AvgIpc) is 3.07. The first kappa shape index (κ1) is 17.2. The van der Waals surface area contributed by atoms with Gasteiger partial charge in [0.1, 0.15) is 11.9 Å². The Morgan fingerprint density at radius 2 is 2.12 bits per heavy atom. The van der Waals surface area contributed by atoms with Crippen LogP contribution < -0.4 is 15.1 Å². The molecule has 0 radical (unpaired) electrons. The maximum atomic E-state index is 14.4. The molecule has 8 nitrogen and oxygen atoms in total. The highest BCUT2D eigenvalue weighted by Gasteiger charge is 2.34. The van der Waals surface area contributed by atoms with Gasteiger partial charge in [-0.15, -0.1) is 0 Å². The van der Waals surface area contributed by atoms with Crippen LogP contribution in [0.4, 0.5) is 20.6 Å². The van der Waals surface area contributed by atoms with Crippen molar-refractivity contribution in [3.8, 4) is 0 Å². The van der Waals surface area contributed by atoms with Crippen LogP contribution in [0, 0.1) is 5.82 Å². The Kier molecular flexibility index (Phi) is 4.58. The number of hydrogen-bond acceptors (Lipinski definition) is 5. The Morgan fingerprint density at radius 3 is 2.72 bits per heavy atom. The molecule has 25 heavy (non-hydrogen) atoms. The highest BCUT2D eigenvalue weighted by Crippen LogP contribution is 2.30. The first-order valence-electron chi connectivity index (χ1n) is 7.85. The number of carbonyl (C=O) groups excluding carboxylic acids is 3. The zero-order valence-electron chi connectivity index (χ0n) is 13.6. The third-order valence-corrected chi connectivity index (χ3v) is 4.09. The van der Waals surface area contributed by atoms with Crippen LogP contribution in [-0.2, 0) is 14.3 Å². The summed E-state index contributed by atoms with van der Waals surface area (Å²) in [4.78, 5) is 37.1. The molecule has 2 atom stereocenters. The first-order valence-corrected chi connectivity index (χ1v) is 7.85. The second-order valence-corrected chi connectivity index (χ2v) is 6.05. The smallest absolute Gasteiger partial charge is 0.414 e. The van der Waals surface area contributed by atoms with Gasteiger partial charge < -0.3 is 20.1 Å². The Labute approximate surface area is 143 Å². The number of nitrogens with one attached hydrogen (secondary N) is 1. The van der Waals surface area contributed by atoms with Gasteiger partial charge in [0.15, 0.2) is 0 Å². The molecule has 3 amide bonds. The number of β-amino-alcohol motifs (C(OH)–C–C–N with tert-alkyl or cyclic N) is 1. The fourth-order valence-corrected chi connectivity index (χ4v) is 2.90. The van der Waals surface area contributed by atoms with Crippen LogP contribution in [-0.4, -0.2) is 54.9 Å². The second kappa shape index (κ2) is 6.67. The van der Waals surface area contributed by atoms with E-state index in [9.17, 15) is 23.9 Å². The number of cyclic esters (lactones) is 1. The van der Waals surface area contributed by atoms with Gasteiger partial charge in [-0.3, -0.25) is 14.5 Å². The van der Waals surface area contributed by atoms with Gasteiger partial charge in [-0.05, 0) is 18.2 Å². The first-order chi connectivity index (χ1) is 11.8. The number of rotatable bonds is 4. The molecule has 0 bridgehead atoms. The number of carbonyl (C=O) groups is 3. The molecule has 2 fully saturated rings. The van der Waals surface area contributed by atoms with Gasteiger partial charge >= 0.3 is 6.09 Å². The predicted octanol–water partition coefficient (Wildman–Crippen LogP) is 0.385. The second-order valence-electron chi connectivity index (χ2n) is 6.05. The normalized spacial score (nSPS) is 23.2. The lowest BCUT2D eigenvalue weighted by Gasteiger charge is -2.19. The molecule has 0 aliphatic carbocycles. The number of hydrogen-bond donors (Lipinski definition) is 2. The topological polar surface area (TPSA) is 99.2 Å². The van der Waals surface area contributed by atoms with Crippen molar-refractivity contribution in [2.45, 2.75) is 25.6 Å². The molecule has 1 aromatic carbocycles. The summed E-state index contributed by atoms with van der Waals surface area (Å²) in [5.41, 5.74) is 0.358. The van der Waals surface area contributed by atoms with Gasteiger partial charge in [-0.25, -0.2) is 9.18 Å². The highest BCUT2D eigenvalue weighted by atomic mass is 19.1. The van der Waals surface area contributed by atoms with Gasteiger partial charge in [0.05, 0.1) is 43.5 Å². The van der Waals surface area contributed by atoms with Crippen molar-refractivity contribution >= 4 is 29.3 Å². The van der Waals surface area contributed by atoms with E-state index >= 15 is 0 Å². The summed E-state index contributed by atoms with van der Waals surface area (Å²) in [6.45, 7) is 1.76. The predicted molar refractivity (Wildman–Crippen MR) is 85.7 cm³/mol. The number of nitrogens with zero attached hydrogens (tertiary/aromatic N) is 2. The molecule has 2 aliphatic heterocycles. The monoisotopic (exact) mass is 351 g/mol. The number of anilines is 2. The van der Waals surface area contributed by atoms with E-state index < -0.39 is 24.1 Å². The number of ether oxygens (including phenoxy) is 1. The molecule has 1 unspecified atom stereocenters. The van der Waals surface area contributed by atoms with E-state index in [1.165, 1.54) is 28.9 Å². The van der Waals surface area contributed by atoms with E-state index in [4.69, 9.17) is 4.74 Å². The summed E-state index contributed by atoms with van der Waals surface area (Å²) in [6.07, 6.45) is -2.00. The minimum absolute atomic E-state index is 0.0372. The molecule has 3 rings (SSSR count). The van der Waals surface area contributed by atoms with Gasteiger partial charge in [-0.2, -0.15) is 0 Å². The lowest BCUT2D eigenvalue weighted by molar-refractivity contribution is -0.119. The molecule has 0 spiro atoms. The van der Waals surface area contributed by atoms with Crippen LogP contribution in [0.15, 0.2) is 18.2 Å². The zero-order valence-corrected chi connectivity index (χ0v) is 13.6.